The van der Waals surface area contributed by atoms with Crippen LogP contribution in [0.25, 0.3) is 10.9 Å². The highest BCUT2D eigenvalue weighted by Gasteiger charge is 2.29. The molecule has 4 rings (SSSR count). The van der Waals surface area contributed by atoms with Crippen molar-refractivity contribution in [1.82, 2.24) is 9.88 Å². The molecule has 1 atom stereocenters. The summed E-state index contributed by atoms with van der Waals surface area (Å²) < 4.78 is 5.17. The smallest absolute Gasteiger partial charge is 0.251 e. The van der Waals surface area contributed by atoms with E-state index in [9.17, 15) is 9.59 Å². The number of aromatic nitrogens is 1. The lowest BCUT2D eigenvalue weighted by Gasteiger charge is -2.28. The van der Waals surface area contributed by atoms with Crippen molar-refractivity contribution in [2.24, 2.45) is 0 Å². The van der Waals surface area contributed by atoms with Gasteiger partial charge in [0, 0.05) is 29.8 Å². The van der Waals surface area contributed by atoms with Gasteiger partial charge in [0.1, 0.15) is 11.8 Å². The number of nitrogens with one attached hydrogen (secondary N) is 2. The number of methoxy groups -OCH3 is 1. The number of carbonyl (C=O) groups excluding carboxylic acids is 2. The van der Waals surface area contributed by atoms with Crippen LogP contribution in [0.4, 0.5) is 5.69 Å². The van der Waals surface area contributed by atoms with E-state index in [2.05, 4.69) is 10.3 Å². The molecule has 0 radical (unpaired) electrons. The fraction of sp³-hybridized carbons (Fsp3) is 0.154. The maximum absolute atomic E-state index is 13.3. The van der Waals surface area contributed by atoms with Gasteiger partial charge in [0.2, 0.25) is 5.91 Å². The number of amides is 2. The topological polar surface area (TPSA) is 74.4 Å². The molecule has 0 spiro atoms. The van der Waals surface area contributed by atoms with Crippen LogP contribution in [-0.4, -0.2) is 35.9 Å². The van der Waals surface area contributed by atoms with E-state index >= 15 is 0 Å². The van der Waals surface area contributed by atoms with Gasteiger partial charge < -0.3 is 19.9 Å². The second kappa shape index (κ2) is 9.39. The van der Waals surface area contributed by atoms with Crippen LogP contribution >= 0.6 is 0 Å². The Hall–Kier alpha value is -4.06. The fourth-order valence-corrected chi connectivity index (χ4v) is 3.78. The molecule has 2 amide bonds. The number of anilines is 1. The normalized spacial score (nSPS) is 11.7. The predicted octanol–water partition coefficient (Wildman–Crippen LogP) is 4.56. The molecule has 6 heteroatoms. The van der Waals surface area contributed by atoms with E-state index in [1.54, 1.807) is 38.4 Å². The number of rotatable bonds is 7. The minimum Gasteiger partial charge on any atom is -0.497 e. The highest BCUT2D eigenvalue weighted by atomic mass is 16.5. The van der Waals surface area contributed by atoms with Gasteiger partial charge in [-0.3, -0.25) is 9.59 Å². The molecule has 0 aliphatic rings. The zero-order chi connectivity index (χ0) is 22.5. The van der Waals surface area contributed by atoms with Crippen molar-refractivity contribution in [3.8, 4) is 5.75 Å². The van der Waals surface area contributed by atoms with Crippen LogP contribution in [0.15, 0.2) is 85.1 Å². The van der Waals surface area contributed by atoms with Crippen LogP contribution < -0.4 is 10.1 Å². The molecular weight excluding hydrogens is 402 g/mol. The first-order valence-corrected chi connectivity index (χ1v) is 10.4. The van der Waals surface area contributed by atoms with Gasteiger partial charge >= 0.3 is 0 Å². The van der Waals surface area contributed by atoms with Gasteiger partial charge in [-0.15, -0.1) is 0 Å². The van der Waals surface area contributed by atoms with E-state index in [4.69, 9.17) is 4.74 Å². The number of nitrogens with zero attached hydrogens (tertiary/aromatic N) is 1. The van der Waals surface area contributed by atoms with Gasteiger partial charge in [-0.2, -0.15) is 0 Å². The van der Waals surface area contributed by atoms with Crippen molar-refractivity contribution < 1.29 is 14.3 Å². The molecule has 1 aromatic heterocycles. The summed E-state index contributed by atoms with van der Waals surface area (Å²) in [5.41, 5.74) is 3.26. The Labute approximate surface area is 186 Å². The standard InChI is InChI=1S/C26H25N3O3/c1-29(24(30)16-19-17-27-23-11-7-6-10-22(19)23)25(18-8-4-3-5-9-18)26(31)28-20-12-14-21(32-2)15-13-20/h3-15,17,25,27H,16H2,1-2H3,(H,28,31). The molecule has 1 heterocycles. The zero-order valence-electron chi connectivity index (χ0n) is 18.0. The molecule has 4 aromatic rings. The van der Waals surface area contributed by atoms with Crippen LogP contribution in [0.5, 0.6) is 5.75 Å². The first-order chi connectivity index (χ1) is 15.6. The average molecular weight is 428 g/mol. The number of hydrogen-bond donors (Lipinski definition) is 2. The fourth-order valence-electron chi connectivity index (χ4n) is 3.78. The van der Waals surface area contributed by atoms with Gasteiger partial charge in [0.15, 0.2) is 0 Å². The van der Waals surface area contributed by atoms with Gasteiger partial charge in [-0.1, -0.05) is 48.5 Å². The molecule has 0 saturated heterocycles. The molecule has 0 fully saturated rings. The van der Waals surface area contributed by atoms with E-state index in [0.29, 0.717) is 11.4 Å². The molecule has 6 nitrogen and oxygen atoms in total. The number of H-pyrrole nitrogens is 1. The Balaban J connectivity index is 1.57. The highest BCUT2D eigenvalue weighted by Crippen LogP contribution is 2.25. The Kier molecular flexibility index (Phi) is 6.22. The molecule has 1 unspecified atom stereocenters. The zero-order valence-corrected chi connectivity index (χ0v) is 18.0. The molecule has 0 saturated carbocycles. The third kappa shape index (κ3) is 4.49. The summed E-state index contributed by atoms with van der Waals surface area (Å²) in [7, 11) is 3.26. The summed E-state index contributed by atoms with van der Waals surface area (Å²) in [6.07, 6.45) is 2.05. The SMILES string of the molecule is COc1ccc(NC(=O)C(c2ccccc2)N(C)C(=O)Cc2c[nH]c3ccccc23)cc1. The molecule has 32 heavy (non-hydrogen) atoms. The summed E-state index contributed by atoms with van der Waals surface area (Å²) in [5, 5.41) is 3.93. The quantitative estimate of drug-likeness (QED) is 0.454. The lowest BCUT2D eigenvalue weighted by molar-refractivity contribution is -0.136. The molecule has 0 bridgehead atoms. The number of para-hydroxylation sites is 1. The molecular formula is C26H25N3O3. The third-order valence-corrected chi connectivity index (χ3v) is 5.52. The molecule has 0 aliphatic carbocycles. The van der Waals surface area contributed by atoms with Crippen LogP contribution in [0, 0.1) is 0 Å². The van der Waals surface area contributed by atoms with E-state index in [-0.39, 0.29) is 18.2 Å². The number of benzene rings is 3. The van der Waals surface area contributed by atoms with Gasteiger partial charge in [0.05, 0.1) is 13.5 Å². The second-order valence-electron chi connectivity index (χ2n) is 7.57. The minimum atomic E-state index is -0.768. The largest absolute Gasteiger partial charge is 0.497 e. The molecule has 0 aliphatic heterocycles. The Bertz CT molecular complexity index is 1220. The summed E-state index contributed by atoms with van der Waals surface area (Å²) in [4.78, 5) is 31.2. The van der Waals surface area contributed by atoms with E-state index < -0.39 is 6.04 Å². The van der Waals surface area contributed by atoms with Gasteiger partial charge in [-0.05, 0) is 41.5 Å². The second-order valence-corrected chi connectivity index (χ2v) is 7.57. The van der Waals surface area contributed by atoms with Gasteiger partial charge in [-0.25, -0.2) is 0 Å². The first kappa shape index (κ1) is 21.2. The lowest BCUT2D eigenvalue weighted by Crippen LogP contribution is -2.39. The highest BCUT2D eigenvalue weighted by molar-refractivity contribution is 5.98. The summed E-state index contributed by atoms with van der Waals surface area (Å²) in [5.74, 6) is 0.276. The summed E-state index contributed by atoms with van der Waals surface area (Å²) in [6.45, 7) is 0. The number of ether oxygens (including phenoxy) is 1. The van der Waals surface area contributed by atoms with Crippen molar-refractivity contribution in [3.05, 3.63) is 96.2 Å². The van der Waals surface area contributed by atoms with E-state index in [1.807, 2.05) is 60.8 Å². The first-order valence-electron chi connectivity index (χ1n) is 10.4. The Morgan fingerprint density at radius 2 is 1.66 bits per heavy atom. The summed E-state index contributed by atoms with van der Waals surface area (Å²) >= 11 is 0. The number of aromatic amines is 1. The van der Waals surface area contributed by atoms with Crippen molar-refractivity contribution in [3.63, 3.8) is 0 Å². The monoisotopic (exact) mass is 427 g/mol. The number of likely N-dealkylation sites (N-methyl/N-ethyl adjacent to an activating group) is 1. The van der Waals surface area contributed by atoms with Crippen molar-refractivity contribution >= 4 is 28.4 Å². The molecule has 3 aromatic carbocycles. The van der Waals surface area contributed by atoms with Gasteiger partial charge in [0.25, 0.3) is 5.91 Å². The van der Waals surface area contributed by atoms with Crippen LogP contribution in [0.3, 0.4) is 0 Å². The maximum atomic E-state index is 13.3. The Morgan fingerprint density at radius 1 is 0.969 bits per heavy atom. The number of carbonyl (C=O) groups is 2. The average Bonchev–Trinajstić information content (AvgIpc) is 3.23. The van der Waals surface area contributed by atoms with E-state index in [0.717, 1.165) is 22.0 Å². The predicted molar refractivity (Wildman–Crippen MR) is 126 cm³/mol. The minimum absolute atomic E-state index is 0.145. The lowest BCUT2D eigenvalue weighted by atomic mass is 10.0. The number of hydrogen-bond acceptors (Lipinski definition) is 3. The van der Waals surface area contributed by atoms with E-state index in [1.165, 1.54) is 4.90 Å². The van der Waals surface area contributed by atoms with Crippen molar-refractivity contribution in [2.75, 3.05) is 19.5 Å². The molecule has 2 N–H and O–H groups in total. The van der Waals surface area contributed by atoms with Crippen LogP contribution in [0.2, 0.25) is 0 Å². The third-order valence-electron chi connectivity index (χ3n) is 5.52. The van der Waals surface area contributed by atoms with Crippen molar-refractivity contribution in [1.29, 1.82) is 0 Å². The van der Waals surface area contributed by atoms with Crippen LogP contribution in [-0.2, 0) is 16.0 Å². The summed E-state index contributed by atoms with van der Waals surface area (Å²) in [6, 6.07) is 23.5. The van der Waals surface area contributed by atoms with Crippen LogP contribution in [0.1, 0.15) is 17.2 Å². The molecule has 162 valence electrons. The van der Waals surface area contributed by atoms with Crippen molar-refractivity contribution in [2.45, 2.75) is 12.5 Å². The Morgan fingerprint density at radius 3 is 2.38 bits per heavy atom. The maximum Gasteiger partial charge on any atom is 0.251 e. The number of fused-ring (bicyclic) bond motifs is 1.